The molecule has 4 aromatic carbocycles. The van der Waals surface area contributed by atoms with E-state index in [-0.39, 0.29) is 5.41 Å². The molecule has 0 amide bonds. The summed E-state index contributed by atoms with van der Waals surface area (Å²) in [7, 11) is 0. The van der Waals surface area contributed by atoms with Crippen LogP contribution in [0.1, 0.15) is 30.5 Å². The van der Waals surface area contributed by atoms with Crippen molar-refractivity contribution in [3.8, 4) is 22.3 Å². The molecule has 0 aliphatic heterocycles. The summed E-state index contributed by atoms with van der Waals surface area (Å²) < 4.78 is 0. The van der Waals surface area contributed by atoms with Crippen LogP contribution in [0.5, 0.6) is 0 Å². The van der Waals surface area contributed by atoms with Gasteiger partial charge in [-0.15, -0.1) is 0 Å². The Morgan fingerprint density at radius 1 is 0.667 bits per heavy atom. The minimum Gasteiger partial charge on any atom is -0.356 e. The molecule has 146 valence electrons. The van der Waals surface area contributed by atoms with Gasteiger partial charge >= 0.3 is 0 Å². The van der Waals surface area contributed by atoms with Gasteiger partial charge in [0.1, 0.15) is 0 Å². The number of hydrogen-bond acceptors (Lipinski definition) is 1. The maximum atomic E-state index is 3.82. The first-order valence-corrected chi connectivity index (χ1v) is 10.4. The van der Waals surface area contributed by atoms with Gasteiger partial charge in [0.2, 0.25) is 0 Å². The predicted molar refractivity (Wildman–Crippen MR) is 129 cm³/mol. The van der Waals surface area contributed by atoms with E-state index in [0.717, 1.165) is 16.9 Å². The first kappa shape index (κ1) is 18.4. The van der Waals surface area contributed by atoms with Gasteiger partial charge in [-0.1, -0.05) is 93.2 Å². The molecule has 0 radical (unpaired) electrons. The second-order valence-electron chi connectivity index (χ2n) is 8.46. The fraction of sp³-hybridized carbons (Fsp3) is 0.103. The molecule has 0 aromatic heterocycles. The maximum absolute atomic E-state index is 3.82. The molecule has 1 aliphatic rings. The SMILES string of the molecule is C=Cc1ccc(-c2ccc(Nc3ccc4c(c3)-c3ccccc3C4(C)C)cc2)cc1. The lowest BCUT2D eigenvalue weighted by Gasteiger charge is -2.21. The zero-order chi connectivity index (χ0) is 20.7. The number of rotatable bonds is 4. The first-order valence-electron chi connectivity index (χ1n) is 10.4. The van der Waals surface area contributed by atoms with Crippen LogP contribution in [0.15, 0.2) is 97.6 Å². The third-order valence-electron chi connectivity index (χ3n) is 6.24. The van der Waals surface area contributed by atoms with Gasteiger partial charge in [0.05, 0.1) is 0 Å². The second-order valence-corrected chi connectivity index (χ2v) is 8.46. The predicted octanol–water partition coefficient (Wildman–Crippen LogP) is 8.05. The average molecular weight is 388 g/mol. The Morgan fingerprint density at radius 2 is 1.27 bits per heavy atom. The number of hydrogen-bond donors (Lipinski definition) is 1. The van der Waals surface area contributed by atoms with E-state index in [4.69, 9.17) is 0 Å². The van der Waals surface area contributed by atoms with Crippen LogP contribution in [0, 0.1) is 0 Å². The summed E-state index contributed by atoms with van der Waals surface area (Å²) in [6, 6.07) is 32.6. The van der Waals surface area contributed by atoms with Gasteiger partial charge in [-0.3, -0.25) is 0 Å². The zero-order valence-electron chi connectivity index (χ0n) is 17.4. The lowest BCUT2D eigenvalue weighted by molar-refractivity contribution is 0.660. The van der Waals surface area contributed by atoms with Crippen LogP contribution in [0.2, 0.25) is 0 Å². The summed E-state index contributed by atoms with van der Waals surface area (Å²) in [5.74, 6) is 0. The van der Waals surface area contributed by atoms with Crippen LogP contribution in [-0.2, 0) is 5.41 Å². The van der Waals surface area contributed by atoms with Crippen LogP contribution in [0.25, 0.3) is 28.3 Å². The highest BCUT2D eigenvalue weighted by atomic mass is 14.9. The van der Waals surface area contributed by atoms with Crippen LogP contribution in [-0.4, -0.2) is 0 Å². The van der Waals surface area contributed by atoms with Crippen molar-refractivity contribution in [3.05, 3.63) is 114 Å². The molecular formula is C29H25N. The summed E-state index contributed by atoms with van der Waals surface area (Å²) in [5.41, 5.74) is 11.3. The van der Waals surface area contributed by atoms with Crippen LogP contribution in [0.3, 0.4) is 0 Å². The van der Waals surface area contributed by atoms with Crippen molar-refractivity contribution in [2.24, 2.45) is 0 Å². The van der Waals surface area contributed by atoms with E-state index in [1.54, 1.807) is 0 Å². The van der Waals surface area contributed by atoms with Gasteiger partial charge in [-0.25, -0.2) is 0 Å². The molecule has 5 rings (SSSR count). The fourth-order valence-electron chi connectivity index (χ4n) is 4.52. The third kappa shape index (κ3) is 3.04. The van der Waals surface area contributed by atoms with Gasteiger partial charge in [0.25, 0.3) is 0 Å². The zero-order valence-corrected chi connectivity index (χ0v) is 17.4. The molecule has 1 N–H and O–H groups in total. The minimum absolute atomic E-state index is 0.0489. The molecule has 1 heteroatoms. The topological polar surface area (TPSA) is 12.0 Å². The molecule has 0 spiro atoms. The van der Waals surface area contributed by atoms with Gasteiger partial charge in [0.15, 0.2) is 0 Å². The van der Waals surface area contributed by atoms with Crippen LogP contribution in [0.4, 0.5) is 11.4 Å². The van der Waals surface area contributed by atoms with Gasteiger partial charge in [-0.2, -0.15) is 0 Å². The summed E-state index contributed by atoms with van der Waals surface area (Å²) in [6.45, 7) is 8.44. The Labute approximate surface area is 178 Å². The van der Waals surface area contributed by atoms with Crippen molar-refractivity contribution in [1.29, 1.82) is 0 Å². The second kappa shape index (κ2) is 7.03. The number of anilines is 2. The Kier molecular flexibility index (Phi) is 4.33. The van der Waals surface area contributed by atoms with Crippen LogP contribution < -0.4 is 5.32 Å². The summed E-state index contributed by atoms with van der Waals surface area (Å²) in [4.78, 5) is 0. The van der Waals surface area contributed by atoms with Crippen molar-refractivity contribution in [2.45, 2.75) is 19.3 Å². The molecule has 0 fully saturated rings. The number of fused-ring (bicyclic) bond motifs is 3. The quantitative estimate of drug-likeness (QED) is 0.373. The van der Waals surface area contributed by atoms with Crippen molar-refractivity contribution < 1.29 is 0 Å². The average Bonchev–Trinajstić information content (AvgIpc) is 3.01. The highest BCUT2D eigenvalue weighted by molar-refractivity contribution is 5.83. The largest absolute Gasteiger partial charge is 0.356 e. The maximum Gasteiger partial charge on any atom is 0.0390 e. The lowest BCUT2D eigenvalue weighted by Crippen LogP contribution is -2.14. The smallest absolute Gasteiger partial charge is 0.0390 e. The van der Waals surface area contributed by atoms with E-state index in [9.17, 15) is 0 Å². The Balaban J connectivity index is 1.42. The molecular weight excluding hydrogens is 362 g/mol. The number of nitrogens with one attached hydrogen (secondary N) is 1. The standard InChI is InChI=1S/C29H25N/c1-4-20-9-11-21(12-10-20)22-13-15-23(16-14-22)30-24-17-18-28-26(19-24)25-7-5-6-8-27(25)29(28,2)3/h4-19,30H,1H2,2-3H3. The number of benzene rings is 4. The van der Waals surface area contributed by atoms with E-state index < -0.39 is 0 Å². The van der Waals surface area contributed by atoms with E-state index in [2.05, 4.69) is 117 Å². The molecule has 4 aromatic rings. The van der Waals surface area contributed by atoms with Crippen LogP contribution >= 0.6 is 0 Å². The van der Waals surface area contributed by atoms with E-state index >= 15 is 0 Å². The highest BCUT2D eigenvalue weighted by Gasteiger charge is 2.34. The minimum atomic E-state index is 0.0489. The van der Waals surface area contributed by atoms with Crippen molar-refractivity contribution in [2.75, 3.05) is 5.32 Å². The first-order chi connectivity index (χ1) is 14.6. The van der Waals surface area contributed by atoms with E-state index in [1.807, 2.05) is 6.08 Å². The monoisotopic (exact) mass is 387 g/mol. The third-order valence-corrected chi connectivity index (χ3v) is 6.24. The lowest BCUT2D eigenvalue weighted by atomic mass is 9.82. The molecule has 0 saturated heterocycles. The van der Waals surface area contributed by atoms with Gasteiger partial charge < -0.3 is 5.32 Å². The molecule has 30 heavy (non-hydrogen) atoms. The molecule has 1 nitrogen and oxygen atoms in total. The molecule has 0 unspecified atom stereocenters. The highest BCUT2D eigenvalue weighted by Crippen LogP contribution is 2.49. The molecule has 0 bridgehead atoms. The molecule has 0 atom stereocenters. The van der Waals surface area contributed by atoms with Gasteiger partial charge in [-0.05, 0) is 63.2 Å². The van der Waals surface area contributed by atoms with E-state index in [0.29, 0.717) is 0 Å². The molecule has 1 aliphatic carbocycles. The normalized spacial score (nSPS) is 13.4. The Morgan fingerprint density at radius 3 is 1.97 bits per heavy atom. The molecule has 0 heterocycles. The van der Waals surface area contributed by atoms with Crippen molar-refractivity contribution in [1.82, 2.24) is 0 Å². The summed E-state index contributed by atoms with van der Waals surface area (Å²) in [5, 5.41) is 3.58. The van der Waals surface area contributed by atoms with Crippen molar-refractivity contribution in [3.63, 3.8) is 0 Å². The summed E-state index contributed by atoms with van der Waals surface area (Å²) >= 11 is 0. The van der Waals surface area contributed by atoms with Gasteiger partial charge in [0, 0.05) is 16.8 Å². The summed E-state index contributed by atoms with van der Waals surface area (Å²) in [6.07, 6.45) is 1.87. The Bertz CT molecular complexity index is 1230. The Hall–Kier alpha value is -3.58. The molecule has 0 saturated carbocycles. The fourth-order valence-corrected chi connectivity index (χ4v) is 4.52. The van der Waals surface area contributed by atoms with Crippen molar-refractivity contribution >= 4 is 17.5 Å². The van der Waals surface area contributed by atoms with E-state index in [1.165, 1.54) is 33.4 Å².